The molecule has 2 rings (SSSR count). The van der Waals surface area contributed by atoms with Gasteiger partial charge in [-0.3, -0.25) is 4.79 Å². The first kappa shape index (κ1) is 16.7. The van der Waals surface area contributed by atoms with Crippen LogP contribution in [0.15, 0.2) is 42.5 Å². The first-order valence-electron chi connectivity index (χ1n) is 7.37. The van der Waals surface area contributed by atoms with Crippen molar-refractivity contribution < 1.29 is 19.0 Å². The van der Waals surface area contributed by atoms with Crippen LogP contribution in [0, 0.1) is 0 Å². The van der Waals surface area contributed by atoms with E-state index in [1.165, 1.54) is 7.11 Å². The first-order chi connectivity index (χ1) is 11.1. The average molecular weight is 315 g/mol. The van der Waals surface area contributed by atoms with Gasteiger partial charge in [0.25, 0.3) is 0 Å². The van der Waals surface area contributed by atoms with E-state index in [1.54, 1.807) is 49.6 Å². The van der Waals surface area contributed by atoms with Crippen LogP contribution in [0.4, 0.5) is 5.69 Å². The third-order valence-corrected chi connectivity index (χ3v) is 3.49. The minimum absolute atomic E-state index is 0.106. The fourth-order valence-corrected chi connectivity index (χ4v) is 2.21. The van der Waals surface area contributed by atoms with Gasteiger partial charge in [-0.05, 0) is 48.9 Å². The Hall–Kier alpha value is -2.69. The van der Waals surface area contributed by atoms with Gasteiger partial charge in [-0.1, -0.05) is 6.92 Å². The number of methoxy groups -OCH3 is 2. The van der Waals surface area contributed by atoms with Gasteiger partial charge in [-0.25, -0.2) is 0 Å². The number of nitrogens with two attached hydrogens (primary N) is 1. The zero-order valence-corrected chi connectivity index (χ0v) is 13.5. The molecule has 0 bridgehead atoms. The van der Waals surface area contributed by atoms with Crippen LogP contribution >= 0.6 is 0 Å². The Morgan fingerprint density at radius 3 is 2.26 bits per heavy atom. The number of Topliss-reactive ketones (excluding diaryl/α,β-unsaturated/α-hetero) is 1. The number of anilines is 1. The normalized spacial score (nSPS) is 11.6. The van der Waals surface area contributed by atoms with Crippen LogP contribution in [0.3, 0.4) is 0 Å². The first-order valence-corrected chi connectivity index (χ1v) is 7.37. The number of hydrogen-bond donors (Lipinski definition) is 1. The molecular weight excluding hydrogens is 294 g/mol. The lowest BCUT2D eigenvalue weighted by molar-refractivity contribution is 0.0786. The number of benzene rings is 2. The van der Waals surface area contributed by atoms with Gasteiger partial charge in [0.2, 0.25) is 5.78 Å². The van der Waals surface area contributed by atoms with E-state index in [9.17, 15) is 4.79 Å². The van der Waals surface area contributed by atoms with Crippen LogP contribution in [-0.4, -0.2) is 26.1 Å². The molecule has 2 N–H and O–H groups in total. The predicted molar refractivity (Wildman–Crippen MR) is 89.4 cm³/mol. The lowest BCUT2D eigenvalue weighted by Crippen LogP contribution is -2.26. The summed E-state index contributed by atoms with van der Waals surface area (Å²) in [6.07, 6.45) is -0.0193. The van der Waals surface area contributed by atoms with Crippen LogP contribution in [0.25, 0.3) is 0 Å². The summed E-state index contributed by atoms with van der Waals surface area (Å²) < 4.78 is 16.2. The predicted octanol–water partition coefficient (Wildman–Crippen LogP) is 3.33. The molecule has 1 atom stereocenters. The van der Waals surface area contributed by atoms with Crippen LogP contribution < -0.4 is 19.9 Å². The lowest BCUT2D eigenvalue weighted by Gasteiger charge is -2.17. The quantitative estimate of drug-likeness (QED) is 0.627. The standard InChI is InChI=1S/C18H21NO4/c1-4-15(23-14-8-6-13(19)7-9-14)18(20)12-5-10-16(21-2)17(11-12)22-3/h5-11,15H,4,19H2,1-3H3. The van der Waals surface area contributed by atoms with Crippen molar-refractivity contribution in [3.63, 3.8) is 0 Å². The molecule has 2 aromatic rings. The molecule has 0 saturated heterocycles. The van der Waals surface area contributed by atoms with E-state index in [0.717, 1.165) is 0 Å². The zero-order chi connectivity index (χ0) is 16.8. The highest BCUT2D eigenvalue weighted by atomic mass is 16.5. The van der Waals surface area contributed by atoms with E-state index >= 15 is 0 Å². The van der Waals surface area contributed by atoms with E-state index in [4.69, 9.17) is 19.9 Å². The number of rotatable bonds is 7. The van der Waals surface area contributed by atoms with Crippen LogP contribution in [0.2, 0.25) is 0 Å². The van der Waals surface area contributed by atoms with Gasteiger partial charge in [0.1, 0.15) is 5.75 Å². The molecular formula is C18H21NO4. The second-order valence-corrected chi connectivity index (χ2v) is 5.02. The average Bonchev–Trinajstić information content (AvgIpc) is 2.60. The third-order valence-electron chi connectivity index (χ3n) is 3.49. The molecule has 0 heterocycles. The number of ketones is 1. The second-order valence-electron chi connectivity index (χ2n) is 5.02. The molecule has 122 valence electrons. The molecule has 0 aliphatic rings. The molecule has 0 saturated carbocycles. The summed E-state index contributed by atoms with van der Waals surface area (Å²) in [6.45, 7) is 1.90. The van der Waals surface area contributed by atoms with Gasteiger partial charge in [0, 0.05) is 11.3 Å². The largest absolute Gasteiger partial charge is 0.493 e. The number of carbonyl (C=O) groups excluding carboxylic acids is 1. The van der Waals surface area contributed by atoms with E-state index in [2.05, 4.69) is 0 Å². The van der Waals surface area contributed by atoms with Gasteiger partial charge in [0.05, 0.1) is 14.2 Å². The van der Waals surface area contributed by atoms with Crippen LogP contribution in [0.5, 0.6) is 17.2 Å². The Bertz CT molecular complexity index is 667. The summed E-state index contributed by atoms with van der Waals surface area (Å²) in [5.41, 5.74) is 6.82. The summed E-state index contributed by atoms with van der Waals surface area (Å²) in [4.78, 5) is 12.7. The van der Waals surface area contributed by atoms with Crippen molar-refractivity contribution in [1.29, 1.82) is 0 Å². The summed E-state index contributed by atoms with van der Waals surface area (Å²) in [5, 5.41) is 0. The smallest absolute Gasteiger partial charge is 0.203 e. The number of hydrogen-bond acceptors (Lipinski definition) is 5. The maximum Gasteiger partial charge on any atom is 0.203 e. The highest BCUT2D eigenvalue weighted by molar-refractivity contribution is 6.00. The molecule has 1 unspecified atom stereocenters. The van der Waals surface area contributed by atoms with Crippen molar-refractivity contribution >= 4 is 11.5 Å². The molecule has 0 amide bonds. The summed E-state index contributed by atoms with van der Waals surface area (Å²) in [7, 11) is 3.09. The molecule has 5 heteroatoms. The number of nitrogen functional groups attached to an aromatic ring is 1. The minimum atomic E-state index is -0.572. The molecule has 0 aliphatic heterocycles. The summed E-state index contributed by atoms with van der Waals surface area (Å²) in [6, 6.07) is 12.1. The zero-order valence-electron chi connectivity index (χ0n) is 13.5. The highest BCUT2D eigenvalue weighted by Crippen LogP contribution is 2.28. The third kappa shape index (κ3) is 3.94. The van der Waals surface area contributed by atoms with E-state index < -0.39 is 6.10 Å². The van der Waals surface area contributed by atoms with Crippen molar-refractivity contribution in [2.24, 2.45) is 0 Å². The fraction of sp³-hybridized carbons (Fsp3) is 0.278. The maximum atomic E-state index is 12.7. The number of carbonyl (C=O) groups is 1. The van der Waals surface area contributed by atoms with Crippen molar-refractivity contribution in [2.45, 2.75) is 19.4 Å². The summed E-state index contributed by atoms with van der Waals surface area (Å²) >= 11 is 0. The van der Waals surface area contributed by atoms with Gasteiger partial charge >= 0.3 is 0 Å². The van der Waals surface area contributed by atoms with Crippen molar-refractivity contribution in [3.8, 4) is 17.2 Å². The van der Waals surface area contributed by atoms with E-state index in [-0.39, 0.29) is 5.78 Å². The SMILES string of the molecule is CCC(Oc1ccc(N)cc1)C(=O)c1ccc(OC)c(OC)c1. The van der Waals surface area contributed by atoms with Crippen LogP contribution in [0.1, 0.15) is 23.7 Å². The monoisotopic (exact) mass is 315 g/mol. The summed E-state index contributed by atoms with van der Waals surface area (Å²) in [5.74, 6) is 1.60. The molecule has 0 spiro atoms. The van der Waals surface area contributed by atoms with E-state index in [1.807, 2.05) is 6.92 Å². The lowest BCUT2D eigenvalue weighted by atomic mass is 10.0. The van der Waals surface area contributed by atoms with Gasteiger partial charge < -0.3 is 19.9 Å². The Morgan fingerprint density at radius 2 is 1.70 bits per heavy atom. The maximum absolute atomic E-state index is 12.7. The Balaban J connectivity index is 2.20. The molecule has 0 aliphatic carbocycles. The van der Waals surface area contributed by atoms with Crippen molar-refractivity contribution in [1.82, 2.24) is 0 Å². The molecule has 0 radical (unpaired) electrons. The topological polar surface area (TPSA) is 70.8 Å². The molecule has 0 aromatic heterocycles. The van der Waals surface area contributed by atoms with Crippen molar-refractivity contribution in [2.75, 3.05) is 20.0 Å². The Morgan fingerprint density at radius 1 is 1.04 bits per heavy atom. The van der Waals surface area contributed by atoms with Gasteiger partial charge in [-0.2, -0.15) is 0 Å². The molecule has 0 fully saturated rings. The Kier molecular flexibility index (Phi) is 5.46. The molecule has 23 heavy (non-hydrogen) atoms. The Labute approximate surface area is 136 Å². The van der Waals surface area contributed by atoms with Crippen molar-refractivity contribution in [3.05, 3.63) is 48.0 Å². The van der Waals surface area contributed by atoms with E-state index in [0.29, 0.717) is 34.9 Å². The number of ether oxygens (including phenoxy) is 3. The minimum Gasteiger partial charge on any atom is -0.493 e. The second kappa shape index (κ2) is 7.54. The van der Waals surface area contributed by atoms with Gasteiger partial charge in [0.15, 0.2) is 17.6 Å². The highest BCUT2D eigenvalue weighted by Gasteiger charge is 2.21. The fourth-order valence-electron chi connectivity index (χ4n) is 2.21. The molecule has 2 aromatic carbocycles. The van der Waals surface area contributed by atoms with Crippen LogP contribution in [-0.2, 0) is 0 Å². The molecule has 5 nitrogen and oxygen atoms in total. The van der Waals surface area contributed by atoms with Gasteiger partial charge in [-0.15, -0.1) is 0 Å².